The molecule has 210 valence electrons. The van der Waals surface area contributed by atoms with Gasteiger partial charge in [0.25, 0.3) is 15.9 Å². The Labute approximate surface area is 243 Å². The van der Waals surface area contributed by atoms with Crippen LogP contribution in [0.1, 0.15) is 28.1 Å². The Morgan fingerprint density at radius 2 is 1.57 bits per heavy atom. The molecule has 1 aliphatic rings. The molecule has 1 aliphatic heterocycles. The van der Waals surface area contributed by atoms with E-state index in [4.69, 9.17) is 11.6 Å². The van der Waals surface area contributed by atoms with E-state index in [1.807, 2.05) is 0 Å². The lowest BCUT2D eigenvalue weighted by Crippen LogP contribution is -2.27. The summed E-state index contributed by atoms with van der Waals surface area (Å²) in [5.74, 6) is -0.224. The average Bonchev–Trinajstić information content (AvgIpc) is 3.64. The number of hydrogen-bond acceptors (Lipinski definition) is 6. The third-order valence-corrected chi connectivity index (χ3v) is 12.0. The van der Waals surface area contributed by atoms with Crippen molar-refractivity contribution in [2.45, 2.75) is 29.1 Å². The fourth-order valence-electron chi connectivity index (χ4n) is 4.56. The van der Waals surface area contributed by atoms with Crippen LogP contribution in [-0.2, 0) is 26.5 Å². The molecule has 1 aromatic heterocycles. The van der Waals surface area contributed by atoms with Gasteiger partial charge in [0.15, 0.2) is 0 Å². The summed E-state index contributed by atoms with van der Waals surface area (Å²) in [6.07, 6.45) is 2.33. The highest BCUT2D eigenvalue weighted by Gasteiger charge is 2.27. The normalized spacial score (nSPS) is 14.4. The van der Waals surface area contributed by atoms with Gasteiger partial charge in [-0.2, -0.15) is 4.31 Å². The van der Waals surface area contributed by atoms with E-state index in [1.165, 1.54) is 51.3 Å². The summed E-state index contributed by atoms with van der Waals surface area (Å²) in [4.78, 5) is 13.8. The third kappa shape index (κ3) is 5.89. The molecule has 2 heterocycles. The van der Waals surface area contributed by atoms with Crippen molar-refractivity contribution in [2.24, 2.45) is 0 Å². The zero-order chi connectivity index (χ0) is 28.5. The number of benzene rings is 3. The molecule has 0 spiro atoms. The van der Waals surface area contributed by atoms with Gasteiger partial charge in [-0.05, 0) is 90.9 Å². The molecule has 0 aliphatic carbocycles. The molecule has 3 aromatic carbocycles. The summed E-state index contributed by atoms with van der Waals surface area (Å²) >= 11 is 7.22. The lowest BCUT2D eigenvalue weighted by molar-refractivity contribution is 0.0958. The van der Waals surface area contributed by atoms with Crippen LogP contribution in [0.4, 0.5) is 5.69 Å². The average molecular weight is 618 g/mol. The van der Waals surface area contributed by atoms with Gasteiger partial charge >= 0.3 is 0 Å². The van der Waals surface area contributed by atoms with Crippen molar-refractivity contribution in [3.8, 4) is 0 Å². The molecule has 5 rings (SSSR count). The topological polar surface area (TPSA) is 104 Å². The van der Waals surface area contributed by atoms with Gasteiger partial charge in [0.1, 0.15) is 0 Å². The first kappa shape index (κ1) is 28.6. The molecule has 40 heavy (non-hydrogen) atoms. The summed E-state index contributed by atoms with van der Waals surface area (Å²) in [6.45, 7) is 1.52. The molecule has 1 fully saturated rings. The number of fused-ring (bicyclic) bond motifs is 1. The van der Waals surface area contributed by atoms with E-state index >= 15 is 0 Å². The van der Waals surface area contributed by atoms with Gasteiger partial charge in [0, 0.05) is 36.4 Å². The monoisotopic (exact) mass is 617 g/mol. The summed E-state index contributed by atoms with van der Waals surface area (Å²) in [5.41, 5.74) is 1.40. The van der Waals surface area contributed by atoms with Gasteiger partial charge in [-0.1, -0.05) is 23.7 Å². The van der Waals surface area contributed by atoms with Crippen LogP contribution >= 0.6 is 22.9 Å². The lowest BCUT2D eigenvalue weighted by Gasteiger charge is -2.19. The number of carbonyl (C=O) groups is 1. The number of anilines is 1. The largest absolute Gasteiger partial charge is 0.351 e. The fourth-order valence-corrected chi connectivity index (χ4v) is 8.34. The SMILES string of the molecule is CN(c1ccc2sc(C(=O)NCCc3ccc(S(=O)(=O)N4CCCC4)cc3)cc2c1)S(=O)(=O)c1ccc(Cl)cc1. The highest BCUT2D eigenvalue weighted by atomic mass is 35.5. The number of hydrogen-bond donors (Lipinski definition) is 1. The molecule has 0 bridgehead atoms. The Bertz CT molecular complexity index is 1750. The number of nitrogens with one attached hydrogen (secondary N) is 1. The predicted molar refractivity (Wildman–Crippen MR) is 159 cm³/mol. The number of rotatable bonds is 9. The molecular formula is C28H28ClN3O5S3. The van der Waals surface area contributed by atoms with E-state index in [9.17, 15) is 21.6 Å². The summed E-state index contributed by atoms with van der Waals surface area (Å²) in [7, 11) is -5.74. The number of halogens is 1. The maximum Gasteiger partial charge on any atom is 0.264 e. The minimum absolute atomic E-state index is 0.132. The van der Waals surface area contributed by atoms with Crippen molar-refractivity contribution in [2.75, 3.05) is 31.0 Å². The van der Waals surface area contributed by atoms with Gasteiger partial charge in [0.2, 0.25) is 10.0 Å². The molecule has 0 atom stereocenters. The molecule has 4 aromatic rings. The zero-order valence-corrected chi connectivity index (χ0v) is 24.9. The smallest absolute Gasteiger partial charge is 0.264 e. The summed E-state index contributed by atoms with van der Waals surface area (Å²) < 4.78 is 55.1. The number of carbonyl (C=O) groups excluding carboxylic acids is 1. The fraction of sp³-hybridized carbons (Fsp3) is 0.250. The van der Waals surface area contributed by atoms with Crippen LogP contribution in [-0.4, -0.2) is 53.7 Å². The van der Waals surface area contributed by atoms with Crippen LogP contribution in [0.5, 0.6) is 0 Å². The second-order valence-corrected chi connectivity index (χ2v) is 14.9. The van der Waals surface area contributed by atoms with Crippen LogP contribution in [0.3, 0.4) is 0 Å². The van der Waals surface area contributed by atoms with Gasteiger partial charge in [0.05, 0.1) is 20.4 Å². The highest BCUT2D eigenvalue weighted by Crippen LogP contribution is 2.31. The standard InChI is InChI=1S/C28H28ClN3O5S3/c1-31(39(34,35)24-11-6-22(29)7-12-24)23-8-13-26-21(18-23)19-27(38-26)28(33)30-15-14-20-4-9-25(10-5-20)40(36,37)32-16-2-3-17-32/h4-13,18-19H,2-3,14-17H2,1H3,(H,30,33). The minimum atomic E-state index is -3.78. The first-order valence-corrected chi connectivity index (χ1v) is 16.8. The van der Waals surface area contributed by atoms with Crippen LogP contribution in [0.25, 0.3) is 10.1 Å². The number of nitrogens with zero attached hydrogens (tertiary/aromatic N) is 2. The summed E-state index contributed by atoms with van der Waals surface area (Å²) in [6, 6.07) is 19.8. The maximum absolute atomic E-state index is 13.0. The first-order valence-electron chi connectivity index (χ1n) is 12.7. The van der Waals surface area contributed by atoms with Crippen LogP contribution in [0, 0.1) is 0 Å². The Hall–Kier alpha value is -2.96. The van der Waals surface area contributed by atoms with Crippen molar-refractivity contribution in [1.29, 1.82) is 0 Å². The van der Waals surface area contributed by atoms with Crippen molar-refractivity contribution in [3.63, 3.8) is 0 Å². The first-order chi connectivity index (χ1) is 19.1. The molecule has 0 radical (unpaired) electrons. The molecule has 8 nitrogen and oxygen atoms in total. The number of thiophene rings is 1. The Morgan fingerprint density at radius 3 is 2.25 bits per heavy atom. The quantitative estimate of drug-likeness (QED) is 0.280. The molecular weight excluding hydrogens is 590 g/mol. The van der Waals surface area contributed by atoms with Crippen LogP contribution < -0.4 is 9.62 Å². The lowest BCUT2D eigenvalue weighted by atomic mass is 10.1. The minimum Gasteiger partial charge on any atom is -0.351 e. The Balaban J connectivity index is 1.21. The molecule has 0 saturated carbocycles. The third-order valence-electron chi connectivity index (χ3n) is 6.88. The summed E-state index contributed by atoms with van der Waals surface area (Å²) in [5, 5.41) is 4.13. The maximum atomic E-state index is 13.0. The van der Waals surface area contributed by atoms with Gasteiger partial charge in [-0.25, -0.2) is 16.8 Å². The van der Waals surface area contributed by atoms with Crippen molar-refractivity contribution in [1.82, 2.24) is 9.62 Å². The predicted octanol–water partition coefficient (Wildman–Crippen LogP) is 5.14. The van der Waals surface area contributed by atoms with E-state index in [0.29, 0.717) is 46.5 Å². The van der Waals surface area contributed by atoms with Crippen molar-refractivity contribution >= 4 is 64.7 Å². The van der Waals surface area contributed by atoms with E-state index in [-0.39, 0.29) is 10.8 Å². The Morgan fingerprint density at radius 1 is 0.925 bits per heavy atom. The van der Waals surface area contributed by atoms with Crippen LogP contribution in [0.15, 0.2) is 82.6 Å². The zero-order valence-electron chi connectivity index (χ0n) is 21.7. The second kappa shape index (κ2) is 11.5. The molecule has 1 N–H and O–H groups in total. The number of sulfonamides is 2. The van der Waals surface area contributed by atoms with Crippen LogP contribution in [0.2, 0.25) is 5.02 Å². The van der Waals surface area contributed by atoms with E-state index < -0.39 is 20.0 Å². The van der Waals surface area contributed by atoms with E-state index in [1.54, 1.807) is 48.5 Å². The molecule has 12 heteroatoms. The molecule has 1 saturated heterocycles. The second-order valence-electron chi connectivity index (χ2n) is 9.52. The Kier molecular flexibility index (Phi) is 8.21. The van der Waals surface area contributed by atoms with E-state index in [0.717, 1.165) is 28.5 Å². The van der Waals surface area contributed by atoms with Gasteiger partial charge < -0.3 is 5.32 Å². The van der Waals surface area contributed by atoms with Gasteiger partial charge in [-0.15, -0.1) is 11.3 Å². The molecule has 0 unspecified atom stereocenters. The highest BCUT2D eigenvalue weighted by molar-refractivity contribution is 7.92. The van der Waals surface area contributed by atoms with Gasteiger partial charge in [-0.3, -0.25) is 9.10 Å². The molecule has 1 amide bonds. The van der Waals surface area contributed by atoms with E-state index in [2.05, 4.69) is 5.32 Å². The van der Waals surface area contributed by atoms with Crippen molar-refractivity contribution in [3.05, 3.63) is 88.3 Å². The number of amides is 1. The van der Waals surface area contributed by atoms with Crippen molar-refractivity contribution < 1.29 is 21.6 Å².